The first-order chi connectivity index (χ1) is 12.2. The minimum absolute atomic E-state index is 0.174. The van der Waals surface area contributed by atoms with Gasteiger partial charge in [-0.05, 0) is 37.5 Å². The molecule has 1 aromatic rings. The van der Waals surface area contributed by atoms with Crippen LogP contribution in [-0.4, -0.2) is 43.7 Å². The second-order valence-corrected chi connectivity index (χ2v) is 6.53. The lowest BCUT2D eigenvalue weighted by Gasteiger charge is -2.18. The number of hydrogen-bond donors (Lipinski definition) is 1. The molecule has 1 aromatic carbocycles. The summed E-state index contributed by atoms with van der Waals surface area (Å²) in [6, 6.07) is 5.79. The van der Waals surface area contributed by atoms with E-state index in [4.69, 9.17) is 21.1 Å². The number of carbonyl (C=O) groups is 3. The Balaban J connectivity index is 2.49. The molecule has 0 aliphatic carbocycles. The number of methoxy groups -OCH3 is 1. The topological polar surface area (TPSA) is 90.9 Å². The third kappa shape index (κ3) is 7.74. The molecule has 0 aliphatic heterocycles. The molecule has 26 heavy (non-hydrogen) atoms. The summed E-state index contributed by atoms with van der Waals surface area (Å²) >= 11 is 5.85. The highest BCUT2D eigenvalue weighted by atomic mass is 35.5. The number of carbonyl (C=O) groups excluding carboxylic acids is 3. The molecule has 0 saturated carbocycles. The fraction of sp³-hybridized carbons (Fsp3) is 0.500. The predicted molar refractivity (Wildman–Crippen MR) is 95.9 cm³/mol. The van der Waals surface area contributed by atoms with Gasteiger partial charge in [-0.3, -0.25) is 4.79 Å². The average Bonchev–Trinajstić information content (AvgIpc) is 2.57. The van der Waals surface area contributed by atoms with Crippen LogP contribution in [0.2, 0.25) is 5.02 Å². The maximum atomic E-state index is 11.9. The second kappa shape index (κ2) is 10.7. The van der Waals surface area contributed by atoms with Crippen molar-refractivity contribution in [2.24, 2.45) is 5.92 Å². The van der Waals surface area contributed by atoms with E-state index in [0.29, 0.717) is 17.2 Å². The summed E-state index contributed by atoms with van der Waals surface area (Å²) in [4.78, 5) is 35.6. The van der Waals surface area contributed by atoms with Gasteiger partial charge in [0.2, 0.25) is 0 Å². The molecule has 0 bridgehead atoms. The predicted octanol–water partition coefficient (Wildman–Crippen LogP) is 2.35. The number of amides is 1. The summed E-state index contributed by atoms with van der Waals surface area (Å²) in [7, 11) is 1.25. The largest absolute Gasteiger partial charge is 0.479 e. The van der Waals surface area contributed by atoms with Crippen molar-refractivity contribution in [3.05, 3.63) is 29.3 Å². The number of nitrogens with one attached hydrogen (secondary N) is 1. The SMILES string of the molecule is COC(=O)C(CC(C)C)NC(=O)COC(=O)C(C)Oc1cccc(Cl)c1. The summed E-state index contributed by atoms with van der Waals surface area (Å²) in [5.74, 6) is -1.26. The van der Waals surface area contributed by atoms with Crippen LogP contribution in [0.25, 0.3) is 0 Å². The molecule has 1 rings (SSSR count). The number of esters is 2. The Labute approximate surface area is 157 Å². The van der Waals surface area contributed by atoms with Crippen molar-refractivity contribution in [1.82, 2.24) is 5.32 Å². The Morgan fingerprint density at radius 3 is 2.42 bits per heavy atom. The summed E-state index contributed by atoms with van der Waals surface area (Å²) < 4.78 is 15.0. The zero-order valence-corrected chi connectivity index (χ0v) is 16.0. The van der Waals surface area contributed by atoms with Crippen LogP contribution in [-0.2, 0) is 23.9 Å². The number of rotatable bonds is 9. The molecule has 0 radical (unpaired) electrons. The maximum Gasteiger partial charge on any atom is 0.347 e. The monoisotopic (exact) mass is 385 g/mol. The summed E-state index contributed by atoms with van der Waals surface area (Å²) in [5.41, 5.74) is 0. The molecular formula is C18H24ClNO6. The first-order valence-corrected chi connectivity index (χ1v) is 8.56. The van der Waals surface area contributed by atoms with E-state index < -0.39 is 36.6 Å². The smallest absolute Gasteiger partial charge is 0.347 e. The van der Waals surface area contributed by atoms with E-state index >= 15 is 0 Å². The van der Waals surface area contributed by atoms with Gasteiger partial charge in [0.15, 0.2) is 12.7 Å². The number of ether oxygens (including phenoxy) is 3. The van der Waals surface area contributed by atoms with Gasteiger partial charge in [-0.2, -0.15) is 0 Å². The van der Waals surface area contributed by atoms with Crippen molar-refractivity contribution in [3.8, 4) is 5.75 Å². The Hall–Kier alpha value is -2.28. The highest BCUT2D eigenvalue weighted by Gasteiger charge is 2.24. The van der Waals surface area contributed by atoms with Crippen LogP contribution < -0.4 is 10.1 Å². The zero-order valence-electron chi connectivity index (χ0n) is 15.3. The van der Waals surface area contributed by atoms with Crippen molar-refractivity contribution >= 4 is 29.4 Å². The fourth-order valence-electron chi connectivity index (χ4n) is 2.11. The third-order valence-corrected chi connectivity index (χ3v) is 3.55. The standard InChI is InChI=1S/C18H24ClNO6/c1-11(2)8-15(18(23)24-4)20-16(21)10-25-17(22)12(3)26-14-7-5-6-13(19)9-14/h5-7,9,11-12,15H,8,10H2,1-4H3,(H,20,21). The van der Waals surface area contributed by atoms with Crippen LogP contribution in [0.15, 0.2) is 24.3 Å². The normalized spacial score (nSPS) is 12.8. The van der Waals surface area contributed by atoms with Crippen molar-refractivity contribution in [1.29, 1.82) is 0 Å². The maximum absolute atomic E-state index is 11.9. The van der Waals surface area contributed by atoms with Crippen molar-refractivity contribution in [3.63, 3.8) is 0 Å². The van der Waals surface area contributed by atoms with Crippen LogP contribution in [0, 0.1) is 5.92 Å². The Kier molecular flexibility index (Phi) is 8.92. The molecule has 7 nitrogen and oxygen atoms in total. The lowest BCUT2D eigenvalue weighted by atomic mass is 10.0. The molecule has 0 fully saturated rings. The van der Waals surface area contributed by atoms with Crippen LogP contribution in [0.1, 0.15) is 27.2 Å². The van der Waals surface area contributed by atoms with Crippen molar-refractivity contribution < 1.29 is 28.6 Å². The molecule has 1 amide bonds. The Bertz CT molecular complexity index is 634. The molecule has 0 spiro atoms. The van der Waals surface area contributed by atoms with Crippen LogP contribution >= 0.6 is 11.6 Å². The van der Waals surface area contributed by atoms with Crippen molar-refractivity contribution in [2.75, 3.05) is 13.7 Å². The van der Waals surface area contributed by atoms with E-state index in [1.54, 1.807) is 24.3 Å². The summed E-state index contributed by atoms with van der Waals surface area (Å²) in [6.45, 7) is 4.80. The van der Waals surface area contributed by atoms with E-state index in [1.165, 1.54) is 14.0 Å². The first-order valence-electron chi connectivity index (χ1n) is 8.19. The van der Waals surface area contributed by atoms with Gasteiger partial charge >= 0.3 is 11.9 Å². The van der Waals surface area contributed by atoms with E-state index in [-0.39, 0.29) is 5.92 Å². The molecule has 0 aromatic heterocycles. The van der Waals surface area contributed by atoms with Gasteiger partial charge in [0.05, 0.1) is 7.11 Å². The Morgan fingerprint density at radius 1 is 1.15 bits per heavy atom. The Morgan fingerprint density at radius 2 is 1.85 bits per heavy atom. The molecule has 0 saturated heterocycles. The lowest BCUT2D eigenvalue weighted by molar-refractivity contribution is -0.155. The molecule has 144 valence electrons. The van der Waals surface area contributed by atoms with Crippen LogP contribution in [0.4, 0.5) is 0 Å². The number of halogens is 1. The summed E-state index contributed by atoms with van der Waals surface area (Å²) in [5, 5.41) is 2.98. The molecular weight excluding hydrogens is 362 g/mol. The van der Waals surface area contributed by atoms with Gasteiger partial charge in [-0.15, -0.1) is 0 Å². The molecule has 8 heteroatoms. The van der Waals surface area contributed by atoms with E-state index in [2.05, 4.69) is 10.1 Å². The highest BCUT2D eigenvalue weighted by molar-refractivity contribution is 6.30. The molecule has 1 N–H and O–H groups in total. The molecule has 0 aliphatic rings. The average molecular weight is 386 g/mol. The quantitative estimate of drug-likeness (QED) is 0.656. The third-order valence-electron chi connectivity index (χ3n) is 3.31. The minimum atomic E-state index is -0.923. The van der Waals surface area contributed by atoms with Gasteiger partial charge < -0.3 is 19.5 Å². The lowest BCUT2D eigenvalue weighted by Crippen LogP contribution is -2.44. The zero-order chi connectivity index (χ0) is 19.7. The van der Waals surface area contributed by atoms with Crippen molar-refractivity contribution in [2.45, 2.75) is 39.3 Å². The highest BCUT2D eigenvalue weighted by Crippen LogP contribution is 2.18. The number of benzene rings is 1. The van der Waals surface area contributed by atoms with Gasteiger partial charge in [-0.1, -0.05) is 31.5 Å². The molecule has 0 heterocycles. The summed E-state index contributed by atoms with van der Waals surface area (Å²) in [6.07, 6.45) is -0.506. The fourth-order valence-corrected chi connectivity index (χ4v) is 2.29. The molecule has 2 atom stereocenters. The first kappa shape index (κ1) is 21.8. The minimum Gasteiger partial charge on any atom is -0.479 e. The second-order valence-electron chi connectivity index (χ2n) is 6.10. The van der Waals surface area contributed by atoms with E-state index in [1.807, 2.05) is 13.8 Å². The van der Waals surface area contributed by atoms with Gasteiger partial charge in [0.25, 0.3) is 5.91 Å². The van der Waals surface area contributed by atoms with Gasteiger partial charge in [-0.25, -0.2) is 9.59 Å². The molecule has 2 unspecified atom stereocenters. The van der Waals surface area contributed by atoms with Crippen LogP contribution in [0.3, 0.4) is 0 Å². The van der Waals surface area contributed by atoms with Crippen LogP contribution in [0.5, 0.6) is 5.75 Å². The van der Waals surface area contributed by atoms with Gasteiger partial charge in [0.1, 0.15) is 11.8 Å². The number of hydrogen-bond acceptors (Lipinski definition) is 6. The van der Waals surface area contributed by atoms with E-state index in [0.717, 1.165) is 0 Å². The van der Waals surface area contributed by atoms with E-state index in [9.17, 15) is 14.4 Å². The van der Waals surface area contributed by atoms with Gasteiger partial charge in [0, 0.05) is 5.02 Å².